The lowest BCUT2D eigenvalue weighted by molar-refractivity contribution is 0.102. The lowest BCUT2D eigenvalue weighted by Gasteiger charge is -2.10. The molecule has 0 aliphatic heterocycles. The van der Waals surface area contributed by atoms with E-state index in [0.717, 1.165) is 10.8 Å². The summed E-state index contributed by atoms with van der Waals surface area (Å²) < 4.78 is 0. The number of carbonyl (C=O) groups excluding carboxylic acids is 1. The summed E-state index contributed by atoms with van der Waals surface area (Å²) >= 11 is 0. The van der Waals surface area contributed by atoms with Crippen molar-refractivity contribution in [2.75, 3.05) is 10.7 Å². The standard InChI is InChI=1S/C15H13N5O/c16-20-14-5-7-18-9-12(14)15(21)19-13-3-1-2-10-8-17-6-4-11(10)13/h1-9H,16H2,(H,18,20)(H,19,21). The molecule has 0 saturated heterocycles. The summed E-state index contributed by atoms with van der Waals surface area (Å²) in [6, 6.07) is 9.14. The van der Waals surface area contributed by atoms with Gasteiger partial charge in [-0.3, -0.25) is 20.6 Å². The van der Waals surface area contributed by atoms with Gasteiger partial charge in [-0.2, -0.15) is 0 Å². The molecule has 0 fully saturated rings. The number of carbonyl (C=O) groups is 1. The van der Waals surface area contributed by atoms with E-state index in [-0.39, 0.29) is 5.91 Å². The van der Waals surface area contributed by atoms with E-state index in [4.69, 9.17) is 5.84 Å². The number of hydrogen-bond donors (Lipinski definition) is 3. The van der Waals surface area contributed by atoms with Crippen molar-refractivity contribution in [1.29, 1.82) is 0 Å². The van der Waals surface area contributed by atoms with E-state index in [1.807, 2.05) is 24.3 Å². The van der Waals surface area contributed by atoms with Gasteiger partial charge in [-0.25, -0.2) is 0 Å². The van der Waals surface area contributed by atoms with Crippen LogP contribution in [-0.4, -0.2) is 15.9 Å². The first-order valence-electron chi connectivity index (χ1n) is 6.34. The van der Waals surface area contributed by atoms with E-state index in [2.05, 4.69) is 20.7 Å². The molecule has 2 heterocycles. The van der Waals surface area contributed by atoms with E-state index < -0.39 is 0 Å². The summed E-state index contributed by atoms with van der Waals surface area (Å²) in [6.45, 7) is 0. The van der Waals surface area contributed by atoms with Crippen molar-refractivity contribution in [3.05, 3.63) is 60.7 Å². The number of rotatable bonds is 3. The smallest absolute Gasteiger partial charge is 0.259 e. The number of aromatic nitrogens is 2. The Bertz CT molecular complexity index is 797. The molecule has 21 heavy (non-hydrogen) atoms. The van der Waals surface area contributed by atoms with E-state index in [1.165, 1.54) is 6.20 Å². The number of hydrazine groups is 1. The van der Waals surface area contributed by atoms with Crippen molar-refractivity contribution >= 4 is 28.1 Å². The molecule has 0 atom stereocenters. The molecule has 0 aliphatic carbocycles. The van der Waals surface area contributed by atoms with E-state index >= 15 is 0 Å². The van der Waals surface area contributed by atoms with Crippen molar-refractivity contribution < 1.29 is 4.79 Å². The zero-order valence-corrected chi connectivity index (χ0v) is 11.1. The Balaban J connectivity index is 1.97. The molecule has 0 bridgehead atoms. The SMILES string of the molecule is NNc1ccncc1C(=O)Nc1cccc2cnccc12. The maximum atomic E-state index is 12.4. The molecule has 0 saturated carbocycles. The molecule has 2 aromatic heterocycles. The number of nitrogens with two attached hydrogens (primary N) is 1. The average molecular weight is 279 g/mol. The van der Waals surface area contributed by atoms with Crippen LogP contribution in [0.25, 0.3) is 10.8 Å². The van der Waals surface area contributed by atoms with E-state index in [9.17, 15) is 4.79 Å². The molecule has 1 aromatic carbocycles. The highest BCUT2D eigenvalue weighted by Gasteiger charge is 2.12. The molecule has 4 N–H and O–H groups in total. The fourth-order valence-corrected chi connectivity index (χ4v) is 2.12. The van der Waals surface area contributed by atoms with Crippen LogP contribution in [0, 0.1) is 0 Å². The molecule has 6 nitrogen and oxygen atoms in total. The molecule has 0 radical (unpaired) electrons. The molecule has 6 heteroatoms. The molecule has 1 amide bonds. The van der Waals surface area contributed by atoms with Crippen LogP contribution in [0.4, 0.5) is 11.4 Å². The zero-order chi connectivity index (χ0) is 14.7. The van der Waals surface area contributed by atoms with Crippen molar-refractivity contribution in [1.82, 2.24) is 9.97 Å². The van der Waals surface area contributed by atoms with Gasteiger partial charge in [-0.15, -0.1) is 0 Å². The van der Waals surface area contributed by atoms with Crippen LogP contribution in [0.5, 0.6) is 0 Å². The minimum atomic E-state index is -0.277. The summed E-state index contributed by atoms with van der Waals surface area (Å²) in [4.78, 5) is 20.4. The van der Waals surface area contributed by atoms with Crippen molar-refractivity contribution in [3.63, 3.8) is 0 Å². The first-order chi connectivity index (χ1) is 10.3. The van der Waals surface area contributed by atoms with Gasteiger partial charge in [-0.05, 0) is 18.2 Å². The maximum absolute atomic E-state index is 12.4. The lowest BCUT2D eigenvalue weighted by Crippen LogP contribution is -2.17. The number of fused-ring (bicyclic) bond motifs is 1. The van der Waals surface area contributed by atoms with Crippen LogP contribution in [-0.2, 0) is 0 Å². The van der Waals surface area contributed by atoms with Crippen LogP contribution in [0.15, 0.2) is 55.1 Å². The van der Waals surface area contributed by atoms with E-state index in [1.54, 1.807) is 24.7 Å². The number of hydrogen-bond acceptors (Lipinski definition) is 5. The fourth-order valence-electron chi connectivity index (χ4n) is 2.12. The highest BCUT2D eigenvalue weighted by Crippen LogP contribution is 2.23. The Kier molecular flexibility index (Phi) is 3.44. The Morgan fingerprint density at radius 3 is 2.67 bits per heavy atom. The molecule has 3 aromatic rings. The van der Waals surface area contributed by atoms with Gasteiger partial charge >= 0.3 is 0 Å². The molecule has 3 rings (SSSR count). The van der Waals surface area contributed by atoms with E-state index in [0.29, 0.717) is 16.9 Å². The number of benzene rings is 1. The van der Waals surface area contributed by atoms with Crippen molar-refractivity contribution in [2.24, 2.45) is 5.84 Å². The van der Waals surface area contributed by atoms with Gasteiger partial charge in [0.1, 0.15) is 0 Å². The quantitative estimate of drug-likeness (QED) is 0.504. The summed E-state index contributed by atoms with van der Waals surface area (Å²) in [5, 5.41) is 4.75. The summed E-state index contributed by atoms with van der Waals surface area (Å²) in [7, 11) is 0. The molecular formula is C15H13N5O. The second kappa shape index (κ2) is 5.56. The highest BCUT2D eigenvalue weighted by atomic mass is 16.1. The van der Waals surface area contributed by atoms with Crippen LogP contribution in [0.3, 0.4) is 0 Å². The number of nitrogens with one attached hydrogen (secondary N) is 2. The van der Waals surface area contributed by atoms with Crippen molar-refractivity contribution in [2.45, 2.75) is 0 Å². The zero-order valence-electron chi connectivity index (χ0n) is 11.1. The predicted molar refractivity (Wildman–Crippen MR) is 81.7 cm³/mol. The van der Waals surface area contributed by atoms with Gasteiger partial charge in [0.05, 0.1) is 11.3 Å². The summed E-state index contributed by atoms with van der Waals surface area (Å²) in [6.07, 6.45) is 6.48. The third-order valence-corrected chi connectivity index (χ3v) is 3.15. The monoisotopic (exact) mass is 279 g/mol. The topological polar surface area (TPSA) is 92.9 Å². The molecule has 0 aliphatic rings. The second-order valence-electron chi connectivity index (χ2n) is 4.42. The Labute approximate surface area is 121 Å². The summed E-state index contributed by atoms with van der Waals surface area (Å²) in [5.41, 5.74) is 4.10. The Hall–Kier alpha value is -2.99. The van der Waals surface area contributed by atoms with Gasteiger partial charge < -0.3 is 10.7 Å². The fraction of sp³-hybridized carbons (Fsp3) is 0. The first-order valence-corrected chi connectivity index (χ1v) is 6.34. The van der Waals surface area contributed by atoms with Crippen molar-refractivity contribution in [3.8, 4) is 0 Å². The van der Waals surface area contributed by atoms with Crippen LogP contribution < -0.4 is 16.6 Å². The number of nitrogens with zero attached hydrogens (tertiary/aromatic N) is 2. The minimum absolute atomic E-state index is 0.277. The lowest BCUT2D eigenvalue weighted by atomic mass is 10.1. The van der Waals surface area contributed by atoms with Crippen LogP contribution in [0.1, 0.15) is 10.4 Å². The minimum Gasteiger partial charge on any atom is -0.323 e. The molecule has 0 spiro atoms. The van der Waals surface area contributed by atoms with Crippen LogP contribution in [0.2, 0.25) is 0 Å². The van der Waals surface area contributed by atoms with Gasteiger partial charge in [-0.1, -0.05) is 12.1 Å². The normalized spacial score (nSPS) is 10.3. The largest absolute Gasteiger partial charge is 0.323 e. The number of pyridine rings is 2. The van der Waals surface area contributed by atoms with Gasteiger partial charge in [0, 0.05) is 41.2 Å². The molecule has 104 valence electrons. The summed E-state index contributed by atoms with van der Waals surface area (Å²) in [5.74, 6) is 5.13. The third-order valence-electron chi connectivity index (χ3n) is 3.15. The van der Waals surface area contributed by atoms with Gasteiger partial charge in [0.2, 0.25) is 0 Å². The number of anilines is 2. The second-order valence-corrected chi connectivity index (χ2v) is 4.42. The molecule has 0 unspecified atom stereocenters. The first kappa shape index (κ1) is 13.0. The van der Waals surface area contributed by atoms with Gasteiger partial charge in [0.25, 0.3) is 5.91 Å². The number of amides is 1. The third kappa shape index (κ3) is 2.52. The Morgan fingerprint density at radius 2 is 1.81 bits per heavy atom. The number of nitrogen functional groups attached to an aromatic ring is 1. The maximum Gasteiger partial charge on any atom is 0.259 e. The predicted octanol–water partition coefficient (Wildman–Crippen LogP) is 2.17. The van der Waals surface area contributed by atoms with Gasteiger partial charge in [0.15, 0.2) is 0 Å². The molecular weight excluding hydrogens is 266 g/mol. The highest BCUT2D eigenvalue weighted by molar-refractivity contribution is 6.11. The Morgan fingerprint density at radius 1 is 1.00 bits per heavy atom. The van der Waals surface area contributed by atoms with Crippen LogP contribution >= 0.6 is 0 Å². The average Bonchev–Trinajstić information content (AvgIpc) is 2.55.